The monoisotopic (exact) mass is 271 g/mol. The average Bonchev–Trinajstić information content (AvgIpc) is 2.26. The van der Waals surface area contributed by atoms with Gasteiger partial charge in [-0.2, -0.15) is 0 Å². The molecule has 1 aliphatic heterocycles. The number of halogens is 1. The molecule has 4 heteroatoms. The second-order valence-corrected chi connectivity index (χ2v) is 4.77. The first kappa shape index (κ1) is 10.8. The molecule has 2 rings (SSSR count). The van der Waals surface area contributed by atoms with Crippen LogP contribution in [0.1, 0.15) is 24.3 Å². The SMILES string of the molecule is Oc1cc(C2CCCNC2)cc(Br)c1O. The minimum absolute atomic E-state index is 0.0510. The summed E-state index contributed by atoms with van der Waals surface area (Å²) in [4.78, 5) is 0. The van der Waals surface area contributed by atoms with Crippen LogP contribution < -0.4 is 5.32 Å². The molecule has 1 heterocycles. The molecule has 1 aromatic rings. The van der Waals surface area contributed by atoms with Crippen molar-refractivity contribution in [3.63, 3.8) is 0 Å². The third kappa shape index (κ3) is 2.26. The first-order valence-electron chi connectivity index (χ1n) is 5.10. The number of nitrogens with one attached hydrogen (secondary N) is 1. The Hall–Kier alpha value is -0.740. The second kappa shape index (κ2) is 4.41. The number of hydrogen-bond acceptors (Lipinski definition) is 3. The molecular formula is C11H14BrNO2. The van der Waals surface area contributed by atoms with E-state index in [0.29, 0.717) is 10.4 Å². The lowest BCUT2D eigenvalue weighted by atomic mass is 9.91. The number of piperidine rings is 1. The molecule has 82 valence electrons. The highest BCUT2D eigenvalue weighted by Gasteiger charge is 2.17. The van der Waals surface area contributed by atoms with Gasteiger partial charge in [-0.05, 0) is 58.9 Å². The Morgan fingerprint density at radius 1 is 1.33 bits per heavy atom. The molecule has 0 saturated carbocycles. The molecule has 1 aromatic carbocycles. The fourth-order valence-electron chi connectivity index (χ4n) is 1.98. The molecule has 0 radical (unpaired) electrons. The van der Waals surface area contributed by atoms with Gasteiger partial charge in [0.25, 0.3) is 0 Å². The minimum Gasteiger partial charge on any atom is -0.504 e. The number of rotatable bonds is 1. The maximum absolute atomic E-state index is 9.51. The summed E-state index contributed by atoms with van der Waals surface area (Å²) in [6.45, 7) is 2.01. The fourth-order valence-corrected chi connectivity index (χ4v) is 2.44. The largest absolute Gasteiger partial charge is 0.504 e. The Labute approximate surface area is 97.3 Å². The Bertz CT molecular complexity index is 339. The molecule has 3 nitrogen and oxygen atoms in total. The maximum Gasteiger partial charge on any atom is 0.171 e. The molecule has 0 spiro atoms. The van der Waals surface area contributed by atoms with E-state index in [2.05, 4.69) is 21.2 Å². The van der Waals surface area contributed by atoms with Crippen molar-refractivity contribution in [2.24, 2.45) is 0 Å². The molecule has 1 unspecified atom stereocenters. The lowest BCUT2D eigenvalue weighted by molar-refractivity contribution is 0.398. The van der Waals surface area contributed by atoms with E-state index >= 15 is 0 Å². The van der Waals surface area contributed by atoms with Crippen LogP contribution in [-0.2, 0) is 0 Å². The van der Waals surface area contributed by atoms with E-state index < -0.39 is 0 Å². The number of phenols is 2. The van der Waals surface area contributed by atoms with Crippen molar-refractivity contribution >= 4 is 15.9 Å². The van der Waals surface area contributed by atoms with Crippen LogP contribution in [0, 0.1) is 0 Å². The van der Waals surface area contributed by atoms with Crippen LogP contribution in [0.3, 0.4) is 0 Å². The van der Waals surface area contributed by atoms with Gasteiger partial charge in [-0.1, -0.05) is 0 Å². The second-order valence-electron chi connectivity index (χ2n) is 3.91. The Balaban J connectivity index is 2.27. The van der Waals surface area contributed by atoms with Gasteiger partial charge in [-0.15, -0.1) is 0 Å². The quantitative estimate of drug-likeness (QED) is 0.688. The van der Waals surface area contributed by atoms with E-state index in [9.17, 15) is 10.2 Å². The van der Waals surface area contributed by atoms with E-state index in [4.69, 9.17) is 0 Å². The molecule has 0 bridgehead atoms. The molecule has 1 aliphatic rings. The highest BCUT2D eigenvalue weighted by atomic mass is 79.9. The first-order chi connectivity index (χ1) is 7.18. The molecule has 3 N–H and O–H groups in total. The molecule has 15 heavy (non-hydrogen) atoms. The van der Waals surface area contributed by atoms with Crippen LogP contribution in [-0.4, -0.2) is 23.3 Å². The lowest BCUT2D eigenvalue weighted by Gasteiger charge is -2.23. The Morgan fingerprint density at radius 2 is 2.13 bits per heavy atom. The highest BCUT2D eigenvalue weighted by molar-refractivity contribution is 9.10. The van der Waals surface area contributed by atoms with E-state index in [1.807, 2.05) is 6.07 Å². The van der Waals surface area contributed by atoms with Gasteiger partial charge >= 0.3 is 0 Å². The summed E-state index contributed by atoms with van der Waals surface area (Å²) < 4.78 is 0.558. The fraction of sp³-hybridized carbons (Fsp3) is 0.455. The number of aromatic hydroxyl groups is 2. The molecular weight excluding hydrogens is 258 g/mol. The molecule has 1 saturated heterocycles. The Kier molecular flexibility index (Phi) is 3.17. The van der Waals surface area contributed by atoms with Gasteiger partial charge in [-0.3, -0.25) is 0 Å². The molecule has 0 amide bonds. The van der Waals surface area contributed by atoms with Crippen LogP contribution in [0.2, 0.25) is 0 Å². The molecule has 0 aliphatic carbocycles. The zero-order valence-electron chi connectivity index (χ0n) is 8.33. The van der Waals surface area contributed by atoms with Gasteiger partial charge in [0.1, 0.15) is 0 Å². The van der Waals surface area contributed by atoms with Crippen LogP contribution in [0.5, 0.6) is 11.5 Å². The summed E-state index contributed by atoms with van der Waals surface area (Å²) in [5, 5.41) is 22.3. The van der Waals surface area contributed by atoms with Gasteiger partial charge in [0.2, 0.25) is 0 Å². The number of hydrogen-bond donors (Lipinski definition) is 3. The summed E-state index contributed by atoms with van der Waals surface area (Å²) in [5.41, 5.74) is 1.07. The smallest absolute Gasteiger partial charge is 0.171 e. The Morgan fingerprint density at radius 3 is 2.73 bits per heavy atom. The zero-order valence-corrected chi connectivity index (χ0v) is 9.92. The van der Waals surface area contributed by atoms with Crippen LogP contribution in [0.15, 0.2) is 16.6 Å². The summed E-state index contributed by atoms with van der Waals surface area (Å²) in [5.74, 6) is 0.300. The normalized spacial score (nSPS) is 21.5. The standard InChI is InChI=1S/C11H14BrNO2/c12-9-4-8(5-10(14)11(9)15)7-2-1-3-13-6-7/h4-5,7,13-15H,1-3,6H2. The van der Waals surface area contributed by atoms with Crippen LogP contribution >= 0.6 is 15.9 Å². The number of benzene rings is 1. The van der Waals surface area contributed by atoms with Gasteiger partial charge in [0, 0.05) is 6.54 Å². The van der Waals surface area contributed by atoms with Gasteiger partial charge < -0.3 is 15.5 Å². The highest BCUT2D eigenvalue weighted by Crippen LogP contribution is 2.37. The van der Waals surface area contributed by atoms with Crippen molar-refractivity contribution < 1.29 is 10.2 Å². The van der Waals surface area contributed by atoms with Crippen molar-refractivity contribution in [2.75, 3.05) is 13.1 Å². The maximum atomic E-state index is 9.51. The van der Waals surface area contributed by atoms with E-state index in [1.54, 1.807) is 6.07 Å². The third-order valence-corrected chi connectivity index (χ3v) is 3.44. The van der Waals surface area contributed by atoms with Crippen LogP contribution in [0.25, 0.3) is 0 Å². The molecule has 0 aromatic heterocycles. The topological polar surface area (TPSA) is 52.5 Å². The van der Waals surface area contributed by atoms with Crippen molar-refractivity contribution in [1.82, 2.24) is 5.32 Å². The average molecular weight is 272 g/mol. The van der Waals surface area contributed by atoms with E-state index in [-0.39, 0.29) is 11.5 Å². The van der Waals surface area contributed by atoms with Gasteiger partial charge in [-0.25, -0.2) is 0 Å². The molecule has 1 fully saturated rings. The molecule has 1 atom stereocenters. The predicted molar refractivity (Wildman–Crippen MR) is 62.3 cm³/mol. The lowest BCUT2D eigenvalue weighted by Crippen LogP contribution is -2.28. The first-order valence-corrected chi connectivity index (χ1v) is 5.90. The van der Waals surface area contributed by atoms with Crippen molar-refractivity contribution in [3.05, 3.63) is 22.2 Å². The van der Waals surface area contributed by atoms with Crippen molar-refractivity contribution in [3.8, 4) is 11.5 Å². The summed E-state index contributed by atoms with van der Waals surface area (Å²) in [7, 11) is 0. The zero-order chi connectivity index (χ0) is 10.8. The van der Waals surface area contributed by atoms with Gasteiger partial charge in [0.05, 0.1) is 4.47 Å². The predicted octanol–water partition coefficient (Wildman–Crippen LogP) is 2.33. The van der Waals surface area contributed by atoms with Crippen LogP contribution in [0.4, 0.5) is 0 Å². The third-order valence-electron chi connectivity index (χ3n) is 2.83. The minimum atomic E-state index is -0.0810. The summed E-state index contributed by atoms with van der Waals surface area (Å²) in [6, 6.07) is 3.53. The van der Waals surface area contributed by atoms with E-state index in [1.165, 1.54) is 0 Å². The van der Waals surface area contributed by atoms with Crippen molar-refractivity contribution in [2.45, 2.75) is 18.8 Å². The summed E-state index contributed by atoms with van der Waals surface area (Å²) in [6.07, 6.45) is 2.29. The van der Waals surface area contributed by atoms with Gasteiger partial charge in [0.15, 0.2) is 11.5 Å². The van der Waals surface area contributed by atoms with E-state index in [0.717, 1.165) is 31.5 Å². The number of phenolic OH excluding ortho intramolecular Hbond substituents is 2. The summed E-state index contributed by atoms with van der Waals surface area (Å²) >= 11 is 3.23. The van der Waals surface area contributed by atoms with Crippen molar-refractivity contribution in [1.29, 1.82) is 0 Å².